The summed E-state index contributed by atoms with van der Waals surface area (Å²) >= 11 is 0. The lowest BCUT2D eigenvalue weighted by atomic mass is 10.1. The number of aromatic nitrogens is 3. The van der Waals surface area contributed by atoms with Crippen LogP contribution in [-0.4, -0.2) is 35.2 Å². The van der Waals surface area contributed by atoms with E-state index >= 15 is 0 Å². The number of hydrogen-bond donors (Lipinski definition) is 1. The third kappa shape index (κ3) is 3.15. The molecule has 3 aromatic heterocycles. The molecule has 0 atom stereocenters. The van der Waals surface area contributed by atoms with Crippen LogP contribution in [0.4, 0.5) is 11.5 Å². The molecule has 0 saturated heterocycles. The zero-order valence-corrected chi connectivity index (χ0v) is 17.6. The first-order chi connectivity index (χ1) is 12.9. The van der Waals surface area contributed by atoms with E-state index in [1.807, 2.05) is 19.3 Å². The quantitative estimate of drug-likeness (QED) is 0.664. The van der Waals surface area contributed by atoms with Crippen molar-refractivity contribution in [3.05, 3.63) is 35.7 Å². The Morgan fingerprint density at radius 2 is 2.00 bits per heavy atom. The minimum atomic E-state index is 0.385. The second-order valence-electron chi connectivity index (χ2n) is 7.28. The molecule has 27 heavy (non-hydrogen) atoms. The first-order valence-corrected chi connectivity index (χ1v) is 9.83. The van der Waals surface area contributed by atoms with Crippen LogP contribution >= 0.6 is 0 Å². The van der Waals surface area contributed by atoms with E-state index in [1.54, 1.807) is 0 Å². The molecular weight excluding hydrogens is 334 g/mol. The van der Waals surface area contributed by atoms with Gasteiger partial charge >= 0.3 is 0 Å². The molecule has 3 rings (SSSR count). The highest BCUT2D eigenvalue weighted by atomic mass is 15.2. The van der Waals surface area contributed by atoms with Gasteiger partial charge in [0, 0.05) is 44.1 Å². The lowest BCUT2D eigenvalue weighted by molar-refractivity contribution is 0.596. The lowest BCUT2D eigenvalue weighted by Crippen LogP contribution is -2.18. The van der Waals surface area contributed by atoms with Crippen LogP contribution in [0.15, 0.2) is 24.4 Å². The Hall–Kier alpha value is -2.56. The highest BCUT2D eigenvalue weighted by Gasteiger charge is 2.21. The molecule has 3 aromatic rings. The predicted molar refractivity (Wildman–Crippen MR) is 116 cm³/mol. The van der Waals surface area contributed by atoms with Gasteiger partial charge in [-0.1, -0.05) is 6.92 Å². The van der Waals surface area contributed by atoms with Gasteiger partial charge in [-0.15, -0.1) is 0 Å². The van der Waals surface area contributed by atoms with E-state index in [1.165, 1.54) is 16.8 Å². The van der Waals surface area contributed by atoms with Crippen LogP contribution in [0.3, 0.4) is 0 Å². The molecule has 0 aliphatic heterocycles. The number of fused-ring (bicyclic) bond motifs is 1. The Labute approximate surface area is 162 Å². The maximum absolute atomic E-state index is 5.12. The zero-order chi connectivity index (χ0) is 19.7. The summed E-state index contributed by atoms with van der Waals surface area (Å²) in [7, 11) is 4.05. The summed E-state index contributed by atoms with van der Waals surface area (Å²) in [6.45, 7) is 11.9. The van der Waals surface area contributed by atoms with Crippen LogP contribution in [0.25, 0.3) is 22.3 Å². The number of aryl methyl sites for hydroxylation is 1. The molecule has 5 nitrogen and oxygen atoms in total. The highest BCUT2D eigenvalue weighted by Crippen LogP contribution is 2.37. The normalized spacial score (nSPS) is 11.4. The first kappa shape index (κ1) is 19.2. The minimum Gasteiger partial charge on any atom is -0.386 e. The lowest BCUT2D eigenvalue weighted by Gasteiger charge is -2.20. The number of anilines is 2. The topological polar surface area (TPSA) is 46.0 Å². The molecule has 0 spiro atoms. The zero-order valence-electron chi connectivity index (χ0n) is 17.6. The second kappa shape index (κ2) is 7.59. The Balaban J connectivity index is 2.35. The average molecular weight is 366 g/mol. The van der Waals surface area contributed by atoms with E-state index in [2.05, 4.69) is 73.6 Å². The fourth-order valence-corrected chi connectivity index (χ4v) is 3.88. The summed E-state index contributed by atoms with van der Waals surface area (Å²) in [4.78, 5) is 11.9. The summed E-state index contributed by atoms with van der Waals surface area (Å²) in [6, 6.07) is 6.63. The predicted octanol–water partition coefficient (Wildman–Crippen LogP) is 5.05. The number of rotatable bonds is 6. The number of pyridine rings is 2. The molecule has 3 heterocycles. The average Bonchev–Trinajstić information content (AvgIpc) is 2.98. The van der Waals surface area contributed by atoms with E-state index in [4.69, 9.17) is 4.98 Å². The highest BCUT2D eigenvalue weighted by molar-refractivity contribution is 5.95. The fourth-order valence-electron chi connectivity index (χ4n) is 3.88. The van der Waals surface area contributed by atoms with E-state index in [-0.39, 0.29) is 0 Å². The Kier molecular flexibility index (Phi) is 5.40. The van der Waals surface area contributed by atoms with Crippen molar-refractivity contribution in [2.45, 2.75) is 47.1 Å². The molecule has 0 aromatic carbocycles. The van der Waals surface area contributed by atoms with Gasteiger partial charge in [-0.3, -0.25) is 0 Å². The van der Waals surface area contributed by atoms with Crippen molar-refractivity contribution in [3.8, 4) is 11.3 Å². The van der Waals surface area contributed by atoms with Crippen molar-refractivity contribution in [3.63, 3.8) is 0 Å². The second-order valence-corrected chi connectivity index (χ2v) is 7.28. The fraction of sp³-hybridized carbons (Fsp3) is 0.455. The van der Waals surface area contributed by atoms with Crippen molar-refractivity contribution in [2.24, 2.45) is 0 Å². The standard InChI is InChI=1S/C22H31N5/c1-8-19-15(5)20-21(27(19)14(3)4)18(23-6)13-17(25-20)16-11-10-12-24-22(16)26(7)9-2/h10-14H,8-9H2,1-7H3,(H,23,25). The van der Waals surface area contributed by atoms with Crippen molar-refractivity contribution < 1.29 is 0 Å². The summed E-state index contributed by atoms with van der Waals surface area (Å²) in [6.07, 6.45) is 2.84. The molecule has 0 aliphatic rings. The minimum absolute atomic E-state index is 0.385. The maximum atomic E-state index is 5.12. The summed E-state index contributed by atoms with van der Waals surface area (Å²) < 4.78 is 2.43. The number of hydrogen-bond acceptors (Lipinski definition) is 4. The van der Waals surface area contributed by atoms with Gasteiger partial charge in [0.15, 0.2) is 0 Å². The van der Waals surface area contributed by atoms with Crippen molar-refractivity contribution in [1.82, 2.24) is 14.5 Å². The van der Waals surface area contributed by atoms with Crippen LogP contribution in [0.5, 0.6) is 0 Å². The van der Waals surface area contributed by atoms with Gasteiger partial charge < -0.3 is 14.8 Å². The van der Waals surface area contributed by atoms with Crippen molar-refractivity contribution >= 4 is 22.5 Å². The third-order valence-electron chi connectivity index (χ3n) is 5.33. The summed E-state index contributed by atoms with van der Waals surface area (Å²) in [5, 5.41) is 3.41. The summed E-state index contributed by atoms with van der Waals surface area (Å²) in [5.41, 5.74) is 8.04. The molecule has 144 valence electrons. The SMILES string of the molecule is CCc1c(C)c2nc(-c3cccnc3N(C)CC)cc(NC)c2n1C(C)C. The van der Waals surface area contributed by atoms with E-state index in [9.17, 15) is 0 Å². The first-order valence-electron chi connectivity index (χ1n) is 9.83. The van der Waals surface area contributed by atoms with Gasteiger partial charge in [0.05, 0.1) is 22.4 Å². The van der Waals surface area contributed by atoms with Gasteiger partial charge in [-0.2, -0.15) is 0 Å². The van der Waals surface area contributed by atoms with Crippen LogP contribution < -0.4 is 10.2 Å². The van der Waals surface area contributed by atoms with Crippen molar-refractivity contribution in [2.75, 3.05) is 30.9 Å². The van der Waals surface area contributed by atoms with Gasteiger partial charge in [-0.25, -0.2) is 9.97 Å². The molecule has 0 saturated carbocycles. The van der Waals surface area contributed by atoms with Gasteiger partial charge in [0.2, 0.25) is 0 Å². The summed E-state index contributed by atoms with van der Waals surface area (Å²) in [5.74, 6) is 0.963. The maximum Gasteiger partial charge on any atom is 0.137 e. The van der Waals surface area contributed by atoms with E-state index < -0.39 is 0 Å². The number of nitrogens with zero attached hydrogens (tertiary/aromatic N) is 4. The van der Waals surface area contributed by atoms with Crippen LogP contribution in [0.2, 0.25) is 0 Å². The molecule has 0 amide bonds. The van der Waals surface area contributed by atoms with E-state index in [0.29, 0.717) is 6.04 Å². The van der Waals surface area contributed by atoms with Crippen LogP contribution in [-0.2, 0) is 6.42 Å². The Morgan fingerprint density at radius 1 is 1.26 bits per heavy atom. The van der Waals surface area contributed by atoms with Crippen molar-refractivity contribution in [1.29, 1.82) is 0 Å². The Bertz CT molecular complexity index is 955. The monoisotopic (exact) mass is 365 g/mol. The number of nitrogens with one attached hydrogen (secondary N) is 1. The van der Waals surface area contributed by atoms with Crippen LogP contribution in [0, 0.1) is 6.92 Å². The molecular formula is C22H31N5. The van der Waals surface area contributed by atoms with Gasteiger partial charge in [0.1, 0.15) is 5.82 Å². The largest absolute Gasteiger partial charge is 0.386 e. The molecule has 0 aliphatic carbocycles. The van der Waals surface area contributed by atoms with Gasteiger partial charge in [0.25, 0.3) is 0 Å². The molecule has 5 heteroatoms. The smallest absolute Gasteiger partial charge is 0.137 e. The molecule has 0 fully saturated rings. The Morgan fingerprint density at radius 3 is 2.59 bits per heavy atom. The molecule has 1 N–H and O–H groups in total. The molecule has 0 bridgehead atoms. The molecule has 0 radical (unpaired) electrons. The van der Waals surface area contributed by atoms with Gasteiger partial charge in [-0.05, 0) is 57.9 Å². The third-order valence-corrected chi connectivity index (χ3v) is 5.33. The molecule has 0 unspecified atom stereocenters. The van der Waals surface area contributed by atoms with Crippen LogP contribution in [0.1, 0.15) is 45.0 Å². The van der Waals surface area contributed by atoms with E-state index in [0.717, 1.165) is 41.2 Å².